The van der Waals surface area contributed by atoms with Gasteiger partial charge in [-0.3, -0.25) is 14.4 Å². The fourth-order valence-corrected chi connectivity index (χ4v) is 9.10. The third-order valence-electron chi connectivity index (χ3n) is 11.3. The van der Waals surface area contributed by atoms with Crippen molar-refractivity contribution < 1.29 is 76.5 Å². The second-order valence-electron chi connectivity index (χ2n) is 16.5. The predicted octanol–water partition coefficient (Wildman–Crippen LogP) is 10.5. The van der Waals surface area contributed by atoms with E-state index in [2.05, 4.69) is 9.97 Å². The van der Waals surface area contributed by atoms with Gasteiger partial charge in [-0.2, -0.15) is 36.3 Å². The first kappa shape index (κ1) is 51.9. The highest BCUT2D eigenvalue weighted by Crippen LogP contribution is 2.41. The molecule has 0 saturated heterocycles. The van der Waals surface area contributed by atoms with Crippen molar-refractivity contribution >= 4 is 43.4 Å². The molecule has 1 N–H and O–H groups in total. The van der Waals surface area contributed by atoms with Gasteiger partial charge in [0.1, 0.15) is 52.0 Å². The number of aromatic carboxylic acids is 1. The molecule has 1 fully saturated rings. The van der Waals surface area contributed by atoms with Gasteiger partial charge in [-0.25, -0.2) is 30.8 Å². The normalized spacial score (nSPS) is 12.8. The highest BCUT2D eigenvalue weighted by atomic mass is 32.2. The summed E-state index contributed by atoms with van der Waals surface area (Å²) in [5.41, 5.74) is -4.23. The van der Waals surface area contributed by atoms with Gasteiger partial charge in [-0.15, -0.1) is 0 Å². The largest absolute Gasteiger partial charge is 0.478 e. The summed E-state index contributed by atoms with van der Waals surface area (Å²) in [5.74, 6) is -8.11. The van der Waals surface area contributed by atoms with E-state index in [-0.39, 0.29) is 57.5 Å². The van der Waals surface area contributed by atoms with Crippen molar-refractivity contribution in [2.75, 3.05) is 5.75 Å². The summed E-state index contributed by atoms with van der Waals surface area (Å²) in [6, 6.07) is 18.5. The van der Waals surface area contributed by atoms with Crippen LogP contribution in [-0.4, -0.2) is 55.4 Å². The Bertz CT molecular complexity index is 3780. The van der Waals surface area contributed by atoms with Crippen LogP contribution in [0.4, 0.5) is 43.9 Å². The summed E-state index contributed by atoms with van der Waals surface area (Å²) in [7, 11) is -3.73. The number of ether oxygens (including phenoxy) is 2. The van der Waals surface area contributed by atoms with E-state index in [9.17, 15) is 71.5 Å². The van der Waals surface area contributed by atoms with Gasteiger partial charge in [0.15, 0.2) is 15.6 Å². The number of rotatable bonds is 13. The zero-order chi connectivity index (χ0) is 53.4. The van der Waals surface area contributed by atoms with Crippen LogP contribution in [0, 0.1) is 23.3 Å². The van der Waals surface area contributed by atoms with E-state index < -0.39 is 113 Å². The zero-order valence-electron chi connectivity index (χ0n) is 37.3. The topological polar surface area (TPSA) is 177 Å². The van der Waals surface area contributed by atoms with Gasteiger partial charge >= 0.3 is 18.3 Å². The summed E-state index contributed by atoms with van der Waals surface area (Å²) in [6.45, 7) is -0.203. The van der Waals surface area contributed by atoms with Crippen LogP contribution in [0.2, 0.25) is 0 Å². The smallest absolute Gasteiger partial charge is 0.420 e. The van der Waals surface area contributed by atoms with Gasteiger partial charge in [0.25, 0.3) is 11.1 Å². The Morgan fingerprint density at radius 1 is 0.595 bits per heavy atom. The highest BCUT2D eigenvalue weighted by molar-refractivity contribution is 7.93. The fraction of sp³-hybridized carbons (Fsp3) is 0.160. The van der Waals surface area contributed by atoms with Crippen LogP contribution in [0.1, 0.15) is 55.8 Å². The number of sulfone groups is 1. The zero-order valence-corrected chi connectivity index (χ0v) is 38.2. The molecule has 9 rings (SSSR count). The molecule has 1 aliphatic carbocycles. The molecule has 1 saturated carbocycles. The number of aromatic nitrogens is 4. The molecule has 0 unspecified atom stereocenters. The number of carboxylic acids is 1. The summed E-state index contributed by atoms with van der Waals surface area (Å²) in [5, 5.41) is 8.29. The second-order valence-corrected chi connectivity index (χ2v) is 18.8. The van der Waals surface area contributed by atoms with Gasteiger partial charge in [0.2, 0.25) is 0 Å². The fourth-order valence-electron chi connectivity index (χ4n) is 7.48. The quantitative estimate of drug-likeness (QED) is 0.0859. The Morgan fingerprint density at radius 2 is 1.03 bits per heavy atom. The minimum absolute atomic E-state index is 0.0155. The standard InChI is InChI=1S/C27H19F5N2O5S.C23H13F5N2O4/c28-17-3-1-16(22(29)10-17)12-34-14-33-26(36)20-11-18(4-7-23(20)34)39-25-8-2-15(9-21(25)27(30,31)32)24(35)13-40(37,38)19-5-6-19;24-14-3-1-13(18(25)8-14)10-30-11-29-21(31)16-9-15(4-5-19(16)30)34-20-6-2-12(22(32)33)7-17(20)23(26,27)28/h1-4,7-11,14,19H,5-6,12-13H2;1-9,11H,10H2,(H,32,33). The molecule has 2 heterocycles. The number of carboxylic acid groups (broad SMARTS) is 1. The molecule has 0 bridgehead atoms. The van der Waals surface area contributed by atoms with E-state index >= 15 is 0 Å². The number of fused-ring (bicyclic) bond motifs is 2. The molecule has 382 valence electrons. The Kier molecular flexibility index (Phi) is 14.2. The van der Waals surface area contributed by atoms with Crippen LogP contribution >= 0.6 is 0 Å². The lowest BCUT2D eigenvalue weighted by Crippen LogP contribution is -2.20. The van der Waals surface area contributed by atoms with E-state index in [0.717, 1.165) is 42.7 Å². The molecule has 0 radical (unpaired) electrons. The van der Waals surface area contributed by atoms with Crippen molar-refractivity contribution in [3.05, 3.63) is 199 Å². The molecular weight excluding hydrogens is 1020 g/mol. The maximum atomic E-state index is 14.2. The number of hydrogen-bond donors (Lipinski definition) is 1. The lowest BCUT2D eigenvalue weighted by atomic mass is 10.1. The predicted molar refractivity (Wildman–Crippen MR) is 244 cm³/mol. The number of benzene rings is 6. The summed E-state index contributed by atoms with van der Waals surface area (Å²) < 4.78 is 174. The van der Waals surface area contributed by atoms with Crippen molar-refractivity contribution in [3.8, 4) is 23.0 Å². The molecule has 1 aliphatic rings. The van der Waals surface area contributed by atoms with Crippen LogP contribution < -0.4 is 20.6 Å². The van der Waals surface area contributed by atoms with E-state index in [0.29, 0.717) is 37.1 Å². The number of halogens is 10. The summed E-state index contributed by atoms with van der Waals surface area (Å²) >= 11 is 0. The van der Waals surface area contributed by atoms with Crippen molar-refractivity contribution in [2.24, 2.45) is 0 Å². The molecular formula is C50H32F10N4O9S. The molecule has 74 heavy (non-hydrogen) atoms. The number of alkyl halides is 6. The third-order valence-corrected chi connectivity index (χ3v) is 13.5. The average molecular weight is 1050 g/mol. The van der Waals surface area contributed by atoms with Crippen molar-refractivity contribution in [1.82, 2.24) is 19.1 Å². The second kappa shape index (κ2) is 20.2. The first-order valence-electron chi connectivity index (χ1n) is 21.5. The maximum absolute atomic E-state index is 14.2. The molecule has 0 atom stereocenters. The number of carbonyl (C=O) groups is 2. The molecule has 6 aromatic carbocycles. The Morgan fingerprint density at radius 3 is 1.43 bits per heavy atom. The van der Waals surface area contributed by atoms with Gasteiger partial charge in [0, 0.05) is 28.8 Å². The first-order valence-corrected chi connectivity index (χ1v) is 23.2. The minimum atomic E-state index is -4.95. The van der Waals surface area contributed by atoms with Crippen LogP contribution in [0.25, 0.3) is 21.8 Å². The van der Waals surface area contributed by atoms with Gasteiger partial charge in [-0.1, -0.05) is 12.1 Å². The van der Waals surface area contributed by atoms with Gasteiger partial charge in [-0.05, 0) is 97.8 Å². The number of Topliss-reactive ketones (excluding diaryl/α,β-unsaturated/α-hetero) is 1. The average Bonchev–Trinajstić information content (AvgIpc) is 4.20. The molecule has 8 aromatic rings. The van der Waals surface area contributed by atoms with Crippen LogP contribution in [0.15, 0.2) is 131 Å². The molecule has 0 spiro atoms. The maximum Gasteiger partial charge on any atom is 0.420 e. The van der Waals surface area contributed by atoms with Crippen LogP contribution in [0.5, 0.6) is 23.0 Å². The van der Waals surface area contributed by atoms with Crippen molar-refractivity contribution in [1.29, 1.82) is 0 Å². The number of carbonyl (C=O) groups excluding carboxylic acids is 1. The Hall–Kier alpha value is -8.41. The number of nitrogens with zero attached hydrogens (tertiary/aromatic N) is 4. The van der Waals surface area contributed by atoms with E-state index in [1.807, 2.05) is 0 Å². The number of ketones is 1. The van der Waals surface area contributed by atoms with Crippen molar-refractivity contribution in [3.63, 3.8) is 0 Å². The lowest BCUT2D eigenvalue weighted by molar-refractivity contribution is -0.139. The monoisotopic (exact) mass is 1050 g/mol. The Balaban J connectivity index is 0.000000200. The molecule has 2 aromatic heterocycles. The summed E-state index contributed by atoms with van der Waals surface area (Å²) in [4.78, 5) is 55.6. The SMILES string of the molecule is O=C(CS(=O)(=O)C1CC1)c1ccc(Oc2ccc3c(c2)c(=O)ncn3Cc2ccc(F)cc2F)c(C(F)(F)F)c1.O=C(O)c1ccc(Oc2ccc3c(c2)c(=O)ncn3Cc2ccc(F)cc2F)c(C(F)(F)F)c1. The van der Waals surface area contributed by atoms with Crippen LogP contribution in [-0.2, 0) is 35.3 Å². The van der Waals surface area contributed by atoms with E-state index in [1.54, 1.807) is 0 Å². The van der Waals surface area contributed by atoms with E-state index in [4.69, 9.17) is 14.6 Å². The number of hydrogen-bond acceptors (Lipinski definition) is 10. The minimum Gasteiger partial charge on any atom is -0.478 e. The highest BCUT2D eigenvalue weighted by Gasteiger charge is 2.39. The van der Waals surface area contributed by atoms with E-state index in [1.165, 1.54) is 64.0 Å². The lowest BCUT2D eigenvalue weighted by Gasteiger charge is -2.16. The Labute approximate surface area is 409 Å². The van der Waals surface area contributed by atoms with Crippen molar-refractivity contribution in [2.45, 2.75) is 43.5 Å². The molecule has 0 aliphatic heterocycles. The third kappa shape index (κ3) is 11.8. The van der Waals surface area contributed by atoms with Gasteiger partial charge < -0.3 is 23.7 Å². The molecule has 24 heteroatoms. The summed E-state index contributed by atoms with van der Waals surface area (Å²) in [6.07, 6.45) is -6.68. The van der Waals surface area contributed by atoms with Crippen LogP contribution in [0.3, 0.4) is 0 Å². The molecule has 13 nitrogen and oxygen atoms in total. The first-order chi connectivity index (χ1) is 34.8. The molecule has 0 amide bonds. The van der Waals surface area contributed by atoms with Gasteiger partial charge in [0.05, 0.1) is 69.5 Å².